The van der Waals surface area contributed by atoms with Crippen LogP contribution in [-0.4, -0.2) is 60.1 Å². The molecule has 1 fully saturated rings. The normalized spacial score (nSPS) is 18.5. The molecule has 13 heteroatoms. The molecule has 1 N–H and O–H groups in total. The van der Waals surface area contributed by atoms with Crippen molar-refractivity contribution in [3.8, 4) is 0 Å². The highest BCUT2D eigenvalue weighted by Gasteiger charge is 2.48. The van der Waals surface area contributed by atoms with Gasteiger partial charge in [-0.1, -0.05) is 30.3 Å². The fourth-order valence-corrected chi connectivity index (χ4v) is 3.94. The van der Waals surface area contributed by atoms with Crippen LogP contribution < -0.4 is 5.32 Å². The maximum Gasteiger partial charge on any atom is 0.437 e. The topological polar surface area (TPSA) is 101 Å². The third-order valence-electron chi connectivity index (χ3n) is 5.70. The van der Waals surface area contributed by atoms with Crippen LogP contribution in [0.3, 0.4) is 0 Å². The van der Waals surface area contributed by atoms with Crippen LogP contribution in [0.25, 0.3) is 0 Å². The number of amides is 3. The van der Waals surface area contributed by atoms with Crippen LogP contribution in [0, 0.1) is 23.3 Å². The first-order chi connectivity index (χ1) is 18.1. The second-order valence-electron chi connectivity index (χ2n) is 9.99. The molecule has 39 heavy (non-hydrogen) atoms. The summed E-state index contributed by atoms with van der Waals surface area (Å²) >= 11 is 0. The van der Waals surface area contributed by atoms with Crippen LogP contribution in [0.2, 0.25) is 0 Å². The van der Waals surface area contributed by atoms with Gasteiger partial charge in [0.2, 0.25) is 11.9 Å². The molecule has 0 saturated carbocycles. The molecule has 9 nitrogen and oxygen atoms in total. The molecule has 0 unspecified atom stereocenters. The van der Waals surface area contributed by atoms with E-state index in [1.165, 1.54) is 14.1 Å². The Morgan fingerprint density at radius 1 is 1.10 bits per heavy atom. The SMILES string of the molecule is CN(C[C@@]1(c2c(F)cc(F)c(F)c2F)CC(=O)N(C)/C(=N\C(=O)OC(C)(C)C)N1)C(=O)OCc1ccccc1. The van der Waals surface area contributed by atoms with Crippen molar-refractivity contribution in [2.24, 2.45) is 4.99 Å². The number of rotatable bonds is 5. The van der Waals surface area contributed by atoms with Crippen molar-refractivity contribution in [2.45, 2.75) is 44.9 Å². The lowest BCUT2D eigenvalue weighted by Crippen LogP contribution is -2.64. The summed E-state index contributed by atoms with van der Waals surface area (Å²) in [7, 11) is 2.46. The summed E-state index contributed by atoms with van der Waals surface area (Å²) in [6.07, 6.45) is -2.81. The van der Waals surface area contributed by atoms with E-state index >= 15 is 8.78 Å². The maximum atomic E-state index is 15.1. The van der Waals surface area contributed by atoms with E-state index in [2.05, 4.69) is 10.3 Å². The highest BCUT2D eigenvalue weighted by atomic mass is 19.2. The fourth-order valence-electron chi connectivity index (χ4n) is 3.94. The van der Waals surface area contributed by atoms with Gasteiger partial charge in [-0.15, -0.1) is 4.99 Å². The third kappa shape index (κ3) is 6.84. The van der Waals surface area contributed by atoms with E-state index < -0.39 is 77.0 Å². The van der Waals surface area contributed by atoms with Gasteiger partial charge in [0, 0.05) is 20.2 Å². The summed E-state index contributed by atoms with van der Waals surface area (Å²) < 4.78 is 68.7. The Kier molecular flexibility index (Phi) is 8.51. The number of aliphatic imine (C=N–C) groups is 1. The summed E-state index contributed by atoms with van der Waals surface area (Å²) in [5.74, 6) is -8.51. The maximum absolute atomic E-state index is 15.1. The Morgan fingerprint density at radius 3 is 2.36 bits per heavy atom. The molecule has 1 heterocycles. The highest BCUT2D eigenvalue weighted by molar-refractivity contribution is 6.03. The van der Waals surface area contributed by atoms with Gasteiger partial charge < -0.3 is 19.7 Å². The molecule has 1 atom stereocenters. The van der Waals surface area contributed by atoms with Crippen molar-refractivity contribution < 1.29 is 41.4 Å². The number of ether oxygens (including phenoxy) is 2. The number of nitrogens with zero attached hydrogens (tertiary/aromatic N) is 3. The van der Waals surface area contributed by atoms with E-state index in [-0.39, 0.29) is 12.7 Å². The summed E-state index contributed by atoms with van der Waals surface area (Å²) in [6.45, 7) is 3.90. The zero-order chi connectivity index (χ0) is 29.1. The predicted molar refractivity (Wildman–Crippen MR) is 131 cm³/mol. The fraction of sp³-hybridized carbons (Fsp3) is 0.385. The molecular formula is C26H28F4N4O5. The molecule has 0 spiro atoms. The minimum atomic E-state index is -2.23. The molecule has 2 aromatic rings. The van der Waals surface area contributed by atoms with Crippen molar-refractivity contribution >= 4 is 24.1 Å². The van der Waals surface area contributed by atoms with Gasteiger partial charge in [-0.3, -0.25) is 9.69 Å². The molecule has 1 saturated heterocycles. The minimum absolute atomic E-state index is 0.123. The lowest BCUT2D eigenvalue weighted by molar-refractivity contribution is -0.130. The van der Waals surface area contributed by atoms with E-state index in [4.69, 9.17) is 9.47 Å². The van der Waals surface area contributed by atoms with Gasteiger partial charge >= 0.3 is 12.2 Å². The number of carbonyl (C=O) groups excluding carboxylic acids is 3. The average molecular weight is 553 g/mol. The summed E-state index contributed by atoms with van der Waals surface area (Å²) in [4.78, 5) is 43.7. The van der Waals surface area contributed by atoms with Gasteiger partial charge in [-0.05, 0) is 26.3 Å². The number of carbonyl (C=O) groups is 3. The summed E-state index contributed by atoms with van der Waals surface area (Å²) in [6, 6.07) is 8.77. The van der Waals surface area contributed by atoms with Crippen molar-refractivity contribution in [2.75, 3.05) is 20.6 Å². The Labute approximate surface area is 222 Å². The molecule has 0 aromatic heterocycles. The molecule has 2 aromatic carbocycles. The molecule has 210 valence electrons. The number of benzene rings is 2. The lowest BCUT2D eigenvalue weighted by Gasteiger charge is -2.44. The summed E-state index contributed by atoms with van der Waals surface area (Å²) in [5, 5.41) is 2.60. The van der Waals surface area contributed by atoms with E-state index in [0.29, 0.717) is 5.56 Å². The lowest BCUT2D eigenvalue weighted by atomic mass is 9.83. The second-order valence-corrected chi connectivity index (χ2v) is 9.99. The van der Waals surface area contributed by atoms with Gasteiger partial charge in [0.05, 0.1) is 24.1 Å². The first-order valence-corrected chi connectivity index (χ1v) is 11.8. The minimum Gasteiger partial charge on any atom is -0.445 e. The Hall–Kier alpha value is -4.16. The van der Waals surface area contributed by atoms with Crippen molar-refractivity contribution in [3.05, 3.63) is 70.8 Å². The standard InChI is InChI=1S/C26H28F4N4O5/c1-25(2,3)39-23(36)31-22-32-26(12-18(35)34(22)5,19-16(27)11-17(28)20(29)21(19)30)14-33(4)24(37)38-13-15-9-7-6-8-10-15/h6-11H,12-14H2,1-5H3,(H,31,32,36)/t26-/m1/s1. The number of guanidine groups is 1. The molecule has 1 aliphatic heterocycles. The summed E-state index contributed by atoms with van der Waals surface area (Å²) in [5.41, 5.74) is -3.60. The van der Waals surface area contributed by atoms with Crippen LogP contribution >= 0.6 is 0 Å². The molecule has 0 bridgehead atoms. The molecule has 0 aliphatic carbocycles. The number of likely N-dealkylation sites (N-methyl/N-ethyl adjacent to an activating group) is 1. The van der Waals surface area contributed by atoms with Gasteiger partial charge in [0.1, 0.15) is 18.0 Å². The van der Waals surface area contributed by atoms with Crippen LogP contribution in [0.4, 0.5) is 27.2 Å². The van der Waals surface area contributed by atoms with Gasteiger partial charge in [0.25, 0.3) is 0 Å². The van der Waals surface area contributed by atoms with E-state index in [1.54, 1.807) is 51.1 Å². The van der Waals surface area contributed by atoms with E-state index in [0.717, 1.165) is 9.80 Å². The zero-order valence-corrected chi connectivity index (χ0v) is 22.0. The smallest absolute Gasteiger partial charge is 0.437 e. The van der Waals surface area contributed by atoms with Crippen LogP contribution in [0.1, 0.15) is 38.3 Å². The highest BCUT2D eigenvalue weighted by Crippen LogP contribution is 2.36. The monoisotopic (exact) mass is 552 g/mol. The third-order valence-corrected chi connectivity index (χ3v) is 5.70. The number of halogens is 4. The number of hydrogen-bond donors (Lipinski definition) is 1. The predicted octanol–water partition coefficient (Wildman–Crippen LogP) is 4.45. The zero-order valence-electron chi connectivity index (χ0n) is 22.0. The van der Waals surface area contributed by atoms with Crippen molar-refractivity contribution in [1.29, 1.82) is 0 Å². The molecule has 1 aliphatic rings. The van der Waals surface area contributed by atoms with Gasteiger partial charge in [0.15, 0.2) is 17.5 Å². The largest absolute Gasteiger partial charge is 0.445 e. The molecule has 3 rings (SSSR count). The first-order valence-electron chi connectivity index (χ1n) is 11.8. The molecule has 3 amide bonds. The Bertz CT molecular complexity index is 1300. The average Bonchev–Trinajstić information content (AvgIpc) is 2.83. The Balaban J connectivity index is 2.04. The number of nitrogens with one attached hydrogen (secondary N) is 1. The van der Waals surface area contributed by atoms with Crippen LogP contribution in [-0.2, 0) is 26.4 Å². The van der Waals surface area contributed by atoms with Gasteiger partial charge in [-0.2, -0.15) is 0 Å². The van der Waals surface area contributed by atoms with Gasteiger partial charge in [-0.25, -0.2) is 27.2 Å². The first kappa shape index (κ1) is 29.4. The Morgan fingerprint density at radius 2 is 1.74 bits per heavy atom. The molecule has 0 radical (unpaired) electrons. The van der Waals surface area contributed by atoms with Crippen molar-refractivity contribution in [1.82, 2.24) is 15.1 Å². The number of hydrogen-bond acceptors (Lipinski definition) is 5. The van der Waals surface area contributed by atoms with E-state index in [1.807, 2.05) is 0 Å². The second kappa shape index (κ2) is 11.3. The van der Waals surface area contributed by atoms with Crippen molar-refractivity contribution in [3.63, 3.8) is 0 Å². The van der Waals surface area contributed by atoms with E-state index in [9.17, 15) is 23.2 Å². The quantitative estimate of drug-likeness (QED) is 0.334. The van der Waals surface area contributed by atoms with Crippen LogP contribution in [0.15, 0.2) is 41.4 Å². The van der Waals surface area contributed by atoms with Crippen LogP contribution in [0.5, 0.6) is 0 Å². The molecular weight excluding hydrogens is 524 g/mol.